The standard InChI is InChI=1S/C16H23ClN2O4/c1-10-7-11(3-4-12(10)17)8-13(18)15(20)19-5-6-23-9-14(19)16(21)22-2/h3-4,7,10,12-14H,5-6,8-9,18H2,1-2H3/t10?,12?,13-,14+/m1/s1. The Bertz CT molecular complexity index is 520. The number of carbonyl (C=O) groups excluding carboxylic acids is 2. The van der Waals surface area contributed by atoms with Gasteiger partial charge in [0.15, 0.2) is 6.04 Å². The summed E-state index contributed by atoms with van der Waals surface area (Å²) >= 11 is 6.12. The topological polar surface area (TPSA) is 81.9 Å². The van der Waals surface area contributed by atoms with Crippen LogP contribution >= 0.6 is 11.6 Å². The van der Waals surface area contributed by atoms with Crippen molar-refractivity contribution in [1.82, 2.24) is 4.90 Å². The molecule has 7 heteroatoms. The highest BCUT2D eigenvalue weighted by Crippen LogP contribution is 2.24. The Balaban J connectivity index is 2.02. The minimum atomic E-state index is -0.727. The smallest absolute Gasteiger partial charge is 0.331 e. The van der Waals surface area contributed by atoms with Crippen LogP contribution in [-0.2, 0) is 19.1 Å². The van der Waals surface area contributed by atoms with E-state index in [1.807, 2.05) is 25.2 Å². The number of ether oxygens (including phenoxy) is 2. The van der Waals surface area contributed by atoms with Gasteiger partial charge in [-0.15, -0.1) is 11.6 Å². The first-order chi connectivity index (χ1) is 10.9. The van der Waals surface area contributed by atoms with Crippen LogP contribution in [0.15, 0.2) is 23.8 Å². The van der Waals surface area contributed by atoms with Crippen molar-refractivity contribution in [1.29, 1.82) is 0 Å². The minimum Gasteiger partial charge on any atom is -0.467 e. The lowest BCUT2D eigenvalue weighted by Gasteiger charge is -2.35. The maximum Gasteiger partial charge on any atom is 0.331 e. The van der Waals surface area contributed by atoms with E-state index in [0.717, 1.165) is 5.57 Å². The Morgan fingerprint density at radius 1 is 1.57 bits per heavy atom. The van der Waals surface area contributed by atoms with Gasteiger partial charge in [0.2, 0.25) is 5.91 Å². The zero-order valence-electron chi connectivity index (χ0n) is 13.4. The Morgan fingerprint density at radius 2 is 2.30 bits per heavy atom. The van der Waals surface area contributed by atoms with Crippen LogP contribution in [-0.4, -0.2) is 61.1 Å². The molecule has 1 aliphatic heterocycles. The van der Waals surface area contributed by atoms with Crippen molar-refractivity contribution in [2.45, 2.75) is 30.8 Å². The highest BCUT2D eigenvalue weighted by Gasteiger charge is 2.35. The number of morpholine rings is 1. The summed E-state index contributed by atoms with van der Waals surface area (Å²) in [4.78, 5) is 25.9. The van der Waals surface area contributed by atoms with E-state index in [1.165, 1.54) is 12.0 Å². The van der Waals surface area contributed by atoms with Crippen LogP contribution in [0.2, 0.25) is 0 Å². The third kappa shape index (κ3) is 4.34. The predicted octanol–water partition coefficient (Wildman–Crippen LogP) is 0.844. The monoisotopic (exact) mass is 342 g/mol. The summed E-state index contributed by atoms with van der Waals surface area (Å²) in [6.45, 7) is 2.88. The fourth-order valence-corrected chi connectivity index (χ4v) is 2.91. The molecular formula is C16H23ClN2O4. The Morgan fingerprint density at radius 3 is 2.96 bits per heavy atom. The summed E-state index contributed by atoms with van der Waals surface area (Å²) in [6.07, 6.45) is 6.25. The van der Waals surface area contributed by atoms with Crippen LogP contribution in [0.4, 0.5) is 0 Å². The molecule has 6 nitrogen and oxygen atoms in total. The van der Waals surface area contributed by atoms with E-state index in [0.29, 0.717) is 19.6 Å². The number of carbonyl (C=O) groups is 2. The molecule has 0 spiro atoms. The van der Waals surface area contributed by atoms with Gasteiger partial charge in [-0.3, -0.25) is 4.79 Å². The molecular weight excluding hydrogens is 320 g/mol. The number of hydrogen-bond acceptors (Lipinski definition) is 5. The predicted molar refractivity (Wildman–Crippen MR) is 87.0 cm³/mol. The second kappa shape index (κ2) is 7.95. The molecule has 2 unspecified atom stereocenters. The van der Waals surface area contributed by atoms with Crippen molar-refractivity contribution in [3.63, 3.8) is 0 Å². The lowest BCUT2D eigenvalue weighted by Crippen LogP contribution is -2.57. The van der Waals surface area contributed by atoms with Gasteiger partial charge in [-0.2, -0.15) is 0 Å². The van der Waals surface area contributed by atoms with Crippen LogP contribution < -0.4 is 5.73 Å². The summed E-state index contributed by atoms with van der Waals surface area (Å²) in [6, 6.07) is -1.44. The molecule has 23 heavy (non-hydrogen) atoms. The molecule has 2 N–H and O–H groups in total. The van der Waals surface area contributed by atoms with E-state index in [2.05, 4.69) is 0 Å². The van der Waals surface area contributed by atoms with Gasteiger partial charge in [0.1, 0.15) is 0 Å². The molecule has 0 aromatic heterocycles. The molecule has 1 aliphatic carbocycles. The van der Waals surface area contributed by atoms with Crippen molar-refractivity contribution in [3.8, 4) is 0 Å². The van der Waals surface area contributed by atoms with E-state index in [4.69, 9.17) is 26.8 Å². The molecule has 0 aromatic carbocycles. The molecule has 128 valence electrons. The summed E-state index contributed by atoms with van der Waals surface area (Å²) in [5.41, 5.74) is 7.06. The third-order valence-corrected chi connectivity index (χ3v) is 4.67. The third-order valence-electron chi connectivity index (χ3n) is 4.13. The zero-order chi connectivity index (χ0) is 17.0. The molecule has 1 saturated heterocycles. The number of methoxy groups -OCH3 is 1. The molecule has 1 amide bonds. The van der Waals surface area contributed by atoms with Gasteiger partial charge < -0.3 is 20.1 Å². The van der Waals surface area contributed by atoms with Gasteiger partial charge in [0, 0.05) is 6.54 Å². The van der Waals surface area contributed by atoms with Gasteiger partial charge >= 0.3 is 5.97 Å². The van der Waals surface area contributed by atoms with Crippen molar-refractivity contribution in [2.75, 3.05) is 26.9 Å². The average Bonchev–Trinajstić information content (AvgIpc) is 2.56. The van der Waals surface area contributed by atoms with E-state index in [-0.39, 0.29) is 23.8 Å². The number of allylic oxidation sites excluding steroid dienone is 3. The quantitative estimate of drug-likeness (QED) is 0.605. The van der Waals surface area contributed by atoms with Crippen LogP contribution in [0.5, 0.6) is 0 Å². The molecule has 0 saturated carbocycles. The highest BCUT2D eigenvalue weighted by atomic mass is 35.5. The molecule has 1 fully saturated rings. The van der Waals surface area contributed by atoms with Gasteiger partial charge in [-0.25, -0.2) is 4.79 Å². The first-order valence-electron chi connectivity index (χ1n) is 7.68. The van der Waals surface area contributed by atoms with Crippen LogP contribution in [0.3, 0.4) is 0 Å². The Kier molecular flexibility index (Phi) is 6.21. The Labute approximate surface area is 141 Å². The van der Waals surface area contributed by atoms with E-state index >= 15 is 0 Å². The summed E-state index contributed by atoms with van der Waals surface area (Å²) in [5, 5.41) is -0.0337. The molecule has 2 rings (SSSR count). The van der Waals surface area contributed by atoms with Crippen molar-refractivity contribution in [3.05, 3.63) is 23.8 Å². The lowest BCUT2D eigenvalue weighted by atomic mass is 9.93. The molecule has 2 aliphatic rings. The van der Waals surface area contributed by atoms with Crippen LogP contribution in [0.25, 0.3) is 0 Å². The van der Waals surface area contributed by atoms with Gasteiger partial charge in [-0.1, -0.05) is 25.2 Å². The number of esters is 1. The van der Waals surface area contributed by atoms with Crippen LogP contribution in [0, 0.1) is 5.92 Å². The lowest BCUT2D eigenvalue weighted by molar-refractivity contribution is -0.161. The minimum absolute atomic E-state index is 0.0337. The van der Waals surface area contributed by atoms with Crippen molar-refractivity contribution < 1.29 is 19.1 Å². The summed E-state index contributed by atoms with van der Waals surface area (Å²) in [5.74, 6) is -0.551. The maximum atomic E-state index is 12.6. The summed E-state index contributed by atoms with van der Waals surface area (Å²) < 4.78 is 10.0. The Hall–Kier alpha value is -1.37. The second-order valence-electron chi connectivity index (χ2n) is 5.86. The highest BCUT2D eigenvalue weighted by molar-refractivity contribution is 6.22. The first kappa shape index (κ1) is 18.0. The maximum absolute atomic E-state index is 12.6. The average molecular weight is 343 g/mol. The molecule has 0 radical (unpaired) electrons. The number of alkyl halides is 1. The molecule has 0 bridgehead atoms. The van der Waals surface area contributed by atoms with E-state index < -0.39 is 18.1 Å². The van der Waals surface area contributed by atoms with Crippen molar-refractivity contribution >= 4 is 23.5 Å². The fraction of sp³-hybridized carbons (Fsp3) is 0.625. The number of rotatable bonds is 4. The number of hydrogen-bond donors (Lipinski definition) is 1. The number of halogens is 1. The molecule has 1 heterocycles. The fourth-order valence-electron chi connectivity index (χ4n) is 2.77. The number of nitrogens with zero attached hydrogens (tertiary/aromatic N) is 1. The van der Waals surface area contributed by atoms with Crippen LogP contribution in [0.1, 0.15) is 13.3 Å². The number of nitrogens with two attached hydrogens (primary N) is 1. The summed E-state index contributed by atoms with van der Waals surface area (Å²) in [7, 11) is 1.29. The van der Waals surface area contributed by atoms with E-state index in [9.17, 15) is 9.59 Å². The van der Waals surface area contributed by atoms with Crippen molar-refractivity contribution in [2.24, 2.45) is 11.7 Å². The van der Waals surface area contributed by atoms with E-state index in [1.54, 1.807) is 0 Å². The van der Waals surface area contributed by atoms with Gasteiger partial charge in [-0.05, 0) is 17.9 Å². The first-order valence-corrected chi connectivity index (χ1v) is 8.12. The largest absolute Gasteiger partial charge is 0.467 e. The second-order valence-corrected chi connectivity index (χ2v) is 6.36. The zero-order valence-corrected chi connectivity index (χ0v) is 14.2. The SMILES string of the molecule is COC(=O)[C@@H]1COCCN1C(=O)[C@H](N)CC1=CC(C)C(Cl)C=C1. The van der Waals surface area contributed by atoms with Gasteiger partial charge in [0.25, 0.3) is 0 Å². The molecule has 0 aromatic rings. The molecule has 4 atom stereocenters. The normalized spacial score (nSPS) is 29.0. The van der Waals surface area contributed by atoms with Gasteiger partial charge in [0.05, 0.1) is 31.7 Å². The number of amides is 1.